The van der Waals surface area contributed by atoms with Crippen LogP contribution in [-0.2, 0) is 10.2 Å². The van der Waals surface area contributed by atoms with Crippen molar-refractivity contribution in [2.45, 2.75) is 54.9 Å². The Labute approximate surface area is 165 Å². The first-order valence-corrected chi connectivity index (χ1v) is 11.1. The van der Waals surface area contributed by atoms with Gasteiger partial charge in [0.1, 0.15) is 0 Å². The highest BCUT2D eigenvalue weighted by atomic mass is 32.2. The van der Waals surface area contributed by atoms with Crippen LogP contribution in [0.3, 0.4) is 0 Å². The lowest BCUT2D eigenvalue weighted by atomic mass is 9.60. The van der Waals surface area contributed by atoms with E-state index in [2.05, 4.69) is 48.0 Å². The van der Waals surface area contributed by atoms with Crippen molar-refractivity contribution in [3.8, 4) is 0 Å². The molecule has 1 aromatic rings. The molecule has 5 heteroatoms. The number of thioether (sulfide) groups is 1. The van der Waals surface area contributed by atoms with Gasteiger partial charge in [-0.3, -0.25) is 4.79 Å². The molecule has 144 valence electrons. The van der Waals surface area contributed by atoms with E-state index in [9.17, 15) is 9.90 Å². The van der Waals surface area contributed by atoms with Crippen LogP contribution in [0.2, 0.25) is 0 Å². The van der Waals surface area contributed by atoms with Crippen molar-refractivity contribution in [2.24, 2.45) is 23.5 Å². The number of fused-ring (bicyclic) bond motifs is 3. The van der Waals surface area contributed by atoms with E-state index in [0.29, 0.717) is 6.54 Å². The first kappa shape index (κ1) is 17.8. The molecule has 2 aliphatic heterocycles. The molecule has 7 unspecified atom stereocenters. The number of benzene rings is 1. The monoisotopic (exact) mass is 384 g/mol. The summed E-state index contributed by atoms with van der Waals surface area (Å²) in [7, 11) is 0. The number of nitrogens with two attached hydrogens (primary N) is 1. The van der Waals surface area contributed by atoms with E-state index >= 15 is 0 Å². The van der Waals surface area contributed by atoms with Gasteiger partial charge in [-0.05, 0) is 47.6 Å². The topological polar surface area (TPSA) is 75.3 Å². The van der Waals surface area contributed by atoms with E-state index in [1.54, 1.807) is 11.8 Å². The number of hydrogen-bond acceptors (Lipinski definition) is 4. The zero-order valence-corrected chi connectivity index (χ0v) is 16.5. The summed E-state index contributed by atoms with van der Waals surface area (Å²) in [5.41, 5.74) is 8.70. The quantitative estimate of drug-likeness (QED) is 0.749. The van der Waals surface area contributed by atoms with Gasteiger partial charge in [-0.25, -0.2) is 0 Å². The number of aliphatic hydroxyl groups is 1. The Bertz CT molecular complexity index is 773. The zero-order chi connectivity index (χ0) is 18.8. The van der Waals surface area contributed by atoms with Gasteiger partial charge >= 0.3 is 0 Å². The highest BCUT2D eigenvalue weighted by Crippen LogP contribution is 2.52. The molecule has 1 saturated heterocycles. The minimum atomic E-state index is -0.369. The van der Waals surface area contributed by atoms with E-state index in [-0.39, 0.29) is 52.4 Å². The predicted molar refractivity (Wildman–Crippen MR) is 108 cm³/mol. The van der Waals surface area contributed by atoms with Crippen LogP contribution in [0.1, 0.15) is 43.2 Å². The number of nitrogens with one attached hydrogen (secondary N) is 1. The minimum Gasteiger partial charge on any atom is -0.392 e. The summed E-state index contributed by atoms with van der Waals surface area (Å²) in [6, 6.07) is 8.96. The van der Waals surface area contributed by atoms with Crippen molar-refractivity contribution < 1.29 is 9.90 Å². The van der Waals surface area contributed by atoms with Gasteiger partial charge in [-0.15, -0.1) is 11.8 Å². The number of allylic oxidation sites excluding steroid dienone is 1. The van der Waals surface area contributed by atoms with Crippen molar-refractivity contribution >= 4 is 17.7 Å². The third-order valence-electron chi connectivity index (χ3n) is 7.51. The van der Waals surface area contributed by atoms with E-state index in [1.165, 1.54) is 24.0 Å². The van der Waals surface area contributed by atoms with Gasteiger partial charge in [-0.2, -0.15) is 0 Å². The van der Waals surface area contributed by atoms with Gasteiger partial charge < -0.3 is 16.2 Å². The highest BCUT2D eigenvalue weighted by Gasteiger charge is 2.54. The first-order chi connectivity index (χ1) is 13.0. The number of piperidine rings is 1. The highest BCUT2D eigenvalue weighted by molar-refractivity contribution is 8.03. The fourth-order valence-corrected chi connectivity index (χ4v) is 6.83. The second-order valence-electron chi connectivity index (χ2n) is 8.99. The molecule has 1 amide bonds. The smallest absolute Gasteiger partial charge is 0.234 e. The van der Waals surface area contributed by atoms with Gasteiger partial charge in [0.25, 0.3) is 0 Å². The number of amides is 1. The van der Waals surface area contributed by atoms with Gasteiger partial charge in [-0.1, -0.05) is 37.3 Å². The fraction of sp³-hybridized carbons (Fsp3) is 0.591. The summed E-state index contributed by atoms with van der Waals surface area (Å²) in [6.07, 6.45) is 4.91. The van der Waals surface area contributed by atoms with Crippen molar-refractivity contribution in [2.75, 3.05) is 6.54 Å². The molecule has 4 N–H and O–H groups in total. The Kier molecular flexibility index (Phi) is 4.19. The van der Waals surface area contributed by atoms with E-state index in [0.717, 1.165) is 6.42 Å². The average Bonchev–Trinajstić information content (AvgIpc) is 3.31. The van der Waals surface area contributed by atoms with Crippen molar-refractivity contribution in [3.63, 3.8) is 0 Å². The van der Waals surface area contributed by atoms with Crippen LogP contribution in [0.15, 0.2) is 35.7 Å². The van der Waals surface area contributed by atoms with E-state index < -0.39 is 0 Å². The summed E-state index contributed by atoms with van der Waals surface area (Å²) in [5.74, 6) is 0.955. The maximum atomic E-state index is 12.5. The van der Waals surface area contributed by atoms with Gasteiger partial charge in [0, 0.05) is 29.8 Å². The Hall–Kier alpha value is -1.30. The molecular weight excluding hydrogens is 356 g/mol. The van der Waals surface area contributed by atoms with Crippen molar-refractivity contribution in [3.05, 3.63) is 46.9 Å². The maximum absolute atomic E-state index is 12.5. The molecule has 0 bridgehead atoms. The van der Waals surface area contributed by atoms with E-state index in [4.69, 9.17) is 5.73 Å². The molecule has 7 atom stereocenters. The Morgan fingerprint density at radius 2 is 2.04 bits per heavy atom. The van der Waals surface area contributed by atoms with Crippen LogP contribution in [0.5, 0.6) is 0 Å². The van der Waals surface area contributed by atoms with Crippen molar-refractivity contribution in [1.29, 1.82) is 0 Å². The van der Waals surface area contributed by atoms with E-state index in [1.807, 2.05) is 0 Å². The maximum Gasteiger partial charge on any atom is 0.234 e. The molecular formula is C22H28N2O2S. The second kappa shape index (κ2) is 6.36. The van der Waals surface area contributed by atoms with Gasteiger partial charge in [0.2, 0.25) is 5.91 Å². The SMILES string of the molecule is CC1CC(O)C(c2ccc(C3(CN)CC3)cc2)C2C3C=CSC3C(=O)NC12. The molecule has 0 aromatic heterocycles. The van der Waals surface area contributed by atoms with Gasteiger partial charge in [0.15, 0.2) is 0 Å². The molecule has 0 radical (unpaired) electrons. The summed E-state index contributed by atoms with van der Waals surface area (Å²) >= 11 is 1.62. The third-order valence-corrected chi connectivity index (χ3v) is 8.65. The van der Waals surface area contributed by atoms with Crippen LogP contribution < -0.4 is 11.1 Å². The largest absolute Gasteiger partial charge is 0.392 e. The minimum absolute atomic E-state index is 0.0440. The molecule has 2 heterocycles. The van der Waals surface area contributed by atoms with Crippen molar-refractivity contribution in [1.82, 2.24) is 5.32 Å². The predicted octanol–water partition coefficient (Wildman–Crippen LogP) is 2.52. The Balaban J connectivity index is 1.50. The molecule has 5 rings (SSSR count). The number of carbonyl (C=O) groups excluding carboxylic acids is 1. The number of hydrogen-bond donors (Lipinski definition) is 3. The van der Waals surface area contributed by atoms with Crippen LogP contribution in [0.25, 0.3) is 0 Å². The second-order valence-corrected chi connectivity index (χ2v) is 10.0. The number of rotatable bonds is 3. The molecule has 27 heavy (non-hydrogen) atoms. The molecule has 2 aliphatic carbocycles. The van der Waals surface area contributed by atoms with Gasteiger partial charge in [0.05, 0.1) is 11.4 Å². The van der Waals surface area contributed by atoms with Crippen LogP contribution in [0.4, 0.5) is 0 Å². The molecule has 2 saturated carbocycles. The normalized spacial score (nSPS) is 41.6. The molecule has 3 fully saturated rings. The lowest BCUT2D eigenvalue weighted by Crippen LogP contribution is -2.62. The molecule has 0 spiro atoms. The summed E-state index contributed by atoms with van der Waals surface area (Å²) in [6.45, 7) is 2.86. The lowest BCUT2D eigenvalue weighted by Gasteiger charge is -2.51. The zero-order valence-electron chi connectivity index (χ0n) is 15.7. The lowest BCUT2D eigenvalue weighted by molar-refractivity contribution is -0.128. The summed E-state index contributed by atoms with van der Waals surface area (Å²) in [4.78, 5) is 12.5. The standard InChI is InChI=1S/C22H28N2O2S/c1-12-10-16(25)17(13-2-4-14(5-3-13)22(11-23)7-8-22)18-15-6-9-27-20(15)21(26)24-19(12)18/h2-6,9,12,15-20,25H,7-8,10-11,23H2,1H3,(H,24,26). The number of carbonyl (C=O) groups is 1. The number of aliphatic hydroxyl groups excluding tert-OH is 1. The summed E-state index contributed by atoms with van der Waals surface area (Å²) < 4.78 is 0. The average molecular weight is 385 g/mol. The third kappa shape index (κ3) is 2.70. The summed E-state index contributed by atoms with van der Waals surface area (Å²) in [5, 5.41) is 16.4. The molecule has 1 aromatic carbocycles. The molecule has 4 nitrogen and oxygen atoms in total. The van der Waals surface area contributed by atoms with Crippen LogP contribution in [0, 0.1) is 17.8 Å². The molecule has 4 aliphatic rings. The van der Waals surface area contributed by atoms with Crippen LogP contribution in [-0.4, -0.2) is 35.0 Å². The van der Waals surface area contributed by atoms with Crippen LogP contribution >= 0.6 is 11.8 Å². The Morgan fingerprint density at radius 1 is 1.30 bits per heavy atom. The Morgan fingerprint density at radius 3 is 2.70 bits per heavy atom. The fourth-order valence-electron chi connectivity index (χ4n) is 5.74. The first-order valence-electron chi connectivity index (χ1n) is 10.2.